The molecule has 0 radical (unpaired) electrons. The average Bonchev–Trinajstić information content (AvgIpc) is 3.16. The lowest BCUT2D eigenvalue weighted by atomic mass is 10.1. The second kappa shape index (κ2) is 11.8. The van der Waals surface area contributed by atoms with E-state index in [1.165, 1.54) is 24.3 Å². The highest BCUT2D eigenvalue weighted by molar-refractivity contribution is 7.89. The molecule has 0 aliphatic heterocycles. The van der Waals surface area contributed by atoms with Crippen LogP contribution in [-0.4, -0.2) is 72.4 Å². The standard InChI is InChI=1S/C18H23FN4O6S2/c1-2-23(8-10-25)31(27,28)14-6-4-13(5-7-14)16(22-29-11-3-9-24)17(26)21-18-20-12-15(19)30-18/h4-7,12,24-25H,2-3,8-11H2,1H3,(H,20,21,26)/b22-16+. The first-order valence-electron chi connectivity index (χ1n) is 9.28. The number of sulfonamides is 1. The minimum absolute atomic E-state index is 0.0190. The molecule has 0 aliphatic carbocycles. The number of halogens is 1. The van der Waals surface area contributed by atoms with E-state index in [0.29, 0.717) is 17.8 Å². The number of aliphatic hydroxyl groups is 2. The molecule has 0 fully saturated rings. The first kappa shape index (κ1) is 24.8. The highest BCUT2D eigenvalue weighted by atomic mass is 32.2. The summed E-state index contributed by atoms with van der Waals surface area (Å²) in [6, 6.07) is 5.39. The van der Waals surface area contributed by atoms with Gasteiger partial charge in [0.15, 0.2) is 16.0 Å². The van der Waals surface area contributed by atoms with Crippen molar-refractivity contribution in [1.29, 1.82) is 0 Å². The molecule has 31 heavy (non-hydrogen) atoms. The van der Waals surface area contributed by atoms with Crippen molar-refractivity contribution in [2.24, 2.45) is 5.16 Å². The summed E-state index contributed by atoms with van der Waals surface area (Å²) >= 11 is 0.633. The van der Waals surface area contributed by atoms with Crippen LogP contribution in [0.2, 0.25) is 0 Å². The van der Waals surface area contributed by atoms with E-state index in [1.807, 2.05) is 0 Å². The Labute approximate surface area is 183 Å². The molecule has 2 aromatic rings. The predicted octanol–water partition coefficient (Wildman–Crippen LogP) is 1.03. The summed E-state index contributed by atoms with van der Waals surface area (Å²) in [5.41, 5.74) is 0.0721. The molecule has 1 amide bonds. The number of oxime groups is 1. The molecular formula is C18H23FN4O6S2. The van der Waals surface area contributed by atoms with E-state index in [9.17, 15) is 17.6 Å². The van der Waals surface area contributed by atoms with Gasteiger partial charge in [-0.25, -0.2) is 13.4 Å². The Hall–Kier alpha value is -2.45. The van der Waals surface area contributed by atoms with Crippen LogP contribution in [0.4, 0.5) is 9.52 Å². The first-order chi connectivity index (χ1) is 14.8. The summed E-state index contributed by atoms with van der Waals surface area (Å²) in [4.78, 5) is 21.4. The molecule has 13 heteroatoms. The number of benzene rings is 1. The van der Waals surface area contributed by atoms with E-state index < -0.39 is 21.1 Å². The van der Waals surface area contributed by atoms with Gasteiger partial charge in [-0.3, -0.25) is 10.1 Å². The molecular weight excluding hydrogens is 451 g/mol. The Morgan fingerprint density at radius 2 is 2.00 bits per heavy atom. The molecule has 0 spiro atoms. The quantitative estimate of drug-likeness (QED) is 0.237. The number of aromatic nitrogens is 1. The zero-order valence-corrected chi connectivity index (χ0v) is 18.3. The molecule has 1 heterocycles. The number of amides is 1. The molecule has 170 valence electrons. The zero-order chi connectivity index (χ0) is 22.9. The maximum atomic E-state index is 13.1. The van der Waals surface area contributed by atoms with Gasteiger partial charge >= 0.3 is 0 Å². The third-order valence-corrected chi connectivity index (χ3v) is 6.62. The van der Waals surface area contributed by atoms with Gasteiger partial charge in [-0.05, 0) is 12.1 Å². The molecule has 1 aromatic carbocycles. The molecule has 0 unspecified atom stereocenters. The molecule has 0 aliphatic rings. The summed E-state index contributed by atoms with van der Waals surface area (Å²) in [7, 11) is -3.82. The second-order valence-electron chi connectivity index (χ2n) is 6.02. The van der Waals surface area contributed by atoms with E-state index in [2.05, 4.69) is 15.5 Å². The summed E-state index contributed by atoms with van der Waals surface area (Å²) < 4.78 is 39.6. The molecule has 0 atom stereocenters. The third kappa shape index (κ3) is 6.77. The summed E-state index contributed by atoms with van der Waals surface area (Å²) in [6.45, 7) is 1.41. The molecule has 0 bridgehead atoms. The monoisotopic (exact) mass is 474 g/mol. The lowest BCUT2D eigenvalue weighted by Crippen LogP contribution is -2.33. The first-order valence-corrected chi connectivity index (χ1v) is 11.5. The van der Waals surface area contributed by atoms with Gasteiger partial charge in [0.1, 0.15) is 6.61 Å². The van der Waals surface area contributed by atoms with Crippen molar-refractivity contribution < 1.29 is 32.7 Å². The van der Waals surface area contributed by atoms with Crippen molar-refractivity contribution in [1.82, 2.24) is 9.29 Å². The number of carbonyl (C=O) groups is 1. The number of carbonyl (C=O) groups excluding carboxylic acids is 1. The highest BCUT2D eigenvalue weighted by Crippen LogP contribution is 2.19. The normalized spacial score (nSPS) is 12.2. The number of thiazole rings is 1. The fourth-order valence-corrected chi connectivity index (χ4v) is 4.41. The van der Waals surface area contributed by atoms with Crippen molar-refractivity contribution >= 4 is 38.1 Å². The number of anilines is 1. The molecule has 0 saturated carbocycles. The van der Waals surface area contributed by atoms with Crippen LogP contribution in [0.5, 0.6) is 0 Å². The van der Waals surface area contributed by atoms with E-state index in [1.54, 1.807) is 6.92 Å². The highest BCUT2D eigenvalue weighted by Gasteiger charge is 2.24. The van der Waals surface area contributed by atoms with Crippen LogP contribution in [0.25, 0.3) is 0 Å². The van der Waals surface area contributed by atoms with E-state index in [4.69, 9.17) is 15.1 Å². The summed E-state index contributed by atoms with van der Waals surface area (Å²) in [5, 5.41) is 23.6. The Balaban J connectivity index is 2.29. The van der Waals surface area contributed by atoms with Crippen LogP contribution in [0.15, 0.2) is 40.5 Å². The summed E-state index contributed by atoms with van der Waals surface area (Å²) in [5.74, 6) is -0.732. The van der Waals surface area contributed by atoms with Crippen LogP contribution < -0.4 is 5.32 Å². The topological polar surface area (TPSA) is 141 Å². The van der Waals surface area contributed by atoms with Crippen molar-refractivity contribution in [3.63, 3.8) is 0 Å². The van der Waals surface area contributed by atoms with Gasteiger partial charge in [0.05, 0.1) is 17.7 Å². The molecule has 0 saturated heterocycles. The Morgan fingerprint density at radius 3 is 2.55 bits per heavy atom. The SMILES string of the molecule is CCN(CCO)S(=O)(=O)c1ccc(/C(=N\OCCCO)C(=O)Nc2ncc(F)s2)cc1. The maximum absolute atomic E-state index is 13.1. The third-order valence-electron chi connectivity index (χ3n) is 3.93. The van der Waals surface area contributed by atoms with Crippen LogP contribution >= 0.6 is 11.3 Å². The second-order valence-corrected chi connectivity index (χ2v) is 8.94. The van der Waals surface area contributed by atoms with Crippen LogP contribution in [0.3, 0.4) is 0 Å². The van der Waals surface area contributed by atoms with Crippen molar-refractivity contribution in [2.45, 2.75) is 18.2 Å². The van der Waals surface area contributed by atoms with Gasteiger partial charge in [-0.1, -0.05) is 35.5 Å². The number of nitrogens with zero attached hydrogens (tertiary/aromatic N) is 3. The smallest absolute Gasteiger partial charge is 0.280 e. The Kier molecular flexibility index (Phi) is 9.45. The van der Waals surface area contributed by atoms with Gasteiger partial charge in [-0.2, -0.15) is 8.70 Å². The Bertz CT molecular complexity index is 995. The molecule has 1 aromatic heterocycles. The van der Waals surface area contributed by atoms with Crippen molar-refractivity contribution in [3.05, 3.63) is 41.2 Å². The largest absolute Gasteiger partial charge is 0.396 e. The van der Waals surface area contributed by atoms with E-state index >= 15 is 0 Å². The van der Waals surface area contributed by atoms with Crippen LogP contribution in [0, 0.1) is 5.13 Å². The lowest BCUT2D eigenvalue weighted by molar-refractivity contribution is -0.110. The molecule has 3 N–H and O–H groups in total. The fourth-order valence-electron chi connectivity index (χ4n) is 2.43. The zero-order valence-electron chi connectivity index (χ0n) is 16.7. The lowest BCUT2D eigenvalue weighted by Gasteiger charge is -2.19. The van der Waals surface area contributed by atoms with Gasteiger partial charge in [0.2, 0.25) is 10.0 Å². The fraction of sp³-hybridized carbons (Fsp3) is 0.389. The maximum Gasteiger partial charge on any atom is 0.280 e. The average molecular weight is 475 g/mol. The number of hydrogen-bond acceptors (Lipinski definition) is 9. The minimum atomic E-state index is -3.82. The van der Waals surface area contributed by atoms with Gasteiger partial charge < -0.3 is 15.1 Å². The number of aliphatic hydroxyl groups excluding tert-OH is 2. The number of likely N-dealkylation sites (N-methyl/N-ethyl adjacent to an activating group) is 1. The van der Waals surface area contributed by atoms with Gasteiger partial charge in [-0.15, -0.1) is 0 Å². The molecule has 10 nitrogen and oxygen atoms in total. The van der Waals surface area contributed by atoms with Gasteiger partial charge in [0, 0.05) is 31.7 Å². The van der Waals surface area contributed by atoms with Crippen LogP contribution in [-0.2, 0) is 19.7 Å². The minimum Gasteiger partial charge on any atom is -0.396 e. The number of hydrogen-bond donors (Lipinski definition) is 3. The van der Waals surface area contributed by atoms with E-state index in [0.717, 1.165) is 10.5 Å². The summed E-state index contributed by atoms with van der Waals surface area (Å²) in [6.07, 6.45) is 1.26. The Morgan fingerprint density at radius 1 is 1.29 bits per heavy atom. The van der Waals surface area contributed by atoms with Crippen LogP contribution in [0.1, 0.15) is 18.9 Å². The van der Waals surface area contributed by atoms with Gasteiger partial charge in [0.25, 0.3) is 5.91 Å². The van der Waals surface area contributed by atoms with E-state index in [-0.39, 0.29) is 54.2 Å². The number of nitrogens with one attached hydrogen (secondary N) is 1. The number of rotatable bonds is 12. The predicted molar refractivity (Wildman–Crippen MR) is 113 cm³/mol. The molecule has 2 rings (SSSR count). The van der Waals surface area contributed by atoms with Crippen molar-refractivity contribution in [2.75, 3.05) is 38.2 Å². The van der Waals surface area contributed by atoms with Crippen molar-refractivity contribution in [3.8, 4) is 0 Å².